The maximum atomic E-state index is 12.6. The van der Waals surface area contributed by atoms with Gasteiger partial charge in [-0.25, -0.2) is 17.9 Å². The van der Waals surface area contributed by atoms with Gasteiger partial charge in [-0.15, -0.1) is 0 Å². The van der Waals surface area contributed by atoms with Gasteiger partial charge >= 0.3 is 5.97 Å². The number of carbonyl (C=O) groups excluding carboxylic acids is 2. The molecule has 1 aromatic carbocycles. The average Bonchev–Trinajstić information content (AvgIpc) is 3.22. The van der Waals surface area contributed by atoms with E-state index in [0.717, 1.165) is 11.3 Å². The Bertz CT molecular complexity index is 1010. The number of amides is 1. The van der Waals surface area contributed by atoms with Crippen LogP contribution in [0.1, 0.15) is 34.4 Å². The van der Waals surface area contributed by atoms with Gasteiger partial charge in [-0.1, -0.05) is 0 Å². The van der Waals surface area contributed by atoms with Gasteiger partial charge in [0.25, 0.3) is 0 Å². The number of hydrogen-bond donors (Lipinski definition) is 1. The third kappa shape index (κ3) is 3.74. The molecule has 1 aliphatic heterocycles. The van der Waals surface area contributed by atoms with Gasteiger partial charge in [0.15, 0.2) is 0 Å². The van der Waals surface area contributed by atoms with Gasteiger partial charge in [0.2, 0.25) is 15.9 Å². The topological polar surface area (TPSA) is 106 Å². The summed E-state index contributed by atoms with van der Waals surface area (Å²) in [5.74, 6) is 0.0504. The number of nitrogens with zero attached hydrogens (tertiary/aromatic N) is 1. The molecule has 2 heterocycles. The molecule has 3 rings (SSSR count). The lowest BCUT2D eigenvalue weighted by Gasteiger charge is -2.15. The summed E-state index contributed by atoms with van der Waals surface area (Å²) in [7, 11) is -2.51. The van der Waals surface area contributed by atoms with Crippen molar-refractivity contribution in [2.24, 2.45) is 0 Å². The van der Waals surface area contributed by atoms with Crippen molar-refractivity contribution in [2.75, 3.05) is 18.6 Å². The lowest BCUT2D eigenvalue weighted by molar-refractivity contribution is -0.116. The standard InChI is InChI=1S/C18H20N2O6S/c1-11-16(18(22)25-3)9-14(26-11)10-19-27(23,24)15-4-5-17-13(8-15)6-7-20(17)12(2)21/h4-5,8-9,19H,6-7,10H2,1-3H3. The Balaban J connectivity index is 1.76. The largest absolute Gasteiger partial charge is 0.465 e. The van der Waals surface area contributed by atoms with Crippen molar-refractivity contribution in [1.29, 1.82) is 0 Å². The van der Waals surface area contributed by atoms with Gasteiger partial charge in [0.1, 0.15) is 17.1 Å². The van der Waals surface area contributed by atoms with E-state index in [0.29, 0.717) is 24.5 Å². The summed E-state index contributed by atoms with van der Waals surface area (Å²) in [6.45, 7) is 3.53. The van der Waals surface area contributed by atoms with E-state index in [1.54, 1.807) is 24.0 Å². The molecule has 1 amide bonds. The molecule has 27 heavy (non-hydrogen) atoms. The normalized spacial score (nSPS) is 13.5. The van der Waals surface area contributed by atoms with E-state index < -0.39 is 16.0 Å². The highest BCUT2D eigenvalue weighted by molar-refractivity contribution is 7.89. The minimum atomic E-state index is -3.78. The first-order valence-corrected chi connectivity index (χ1v) is 9.79. The fourth-order valence-electron chi connectivity index (χ4n) is 3.07. The molecule has 1 aliphatic rings. The van der Waals surface area contributed by atoms with Crippen molar-refractivity contribution in [1.82, 2.24) is 4.72 Å². The smallest absolute Gasteiger partial charge is 0.341 e. The number of anilines is 1. The Kier molecular flexibility index (Phi) is 5.07. The van der Waals surface area contributed by atoms with Crippen molar-refractivity contribution >= 4 is 27.6 Å². The Morgan fingerprint density at radius 2 is 2.04 bits per heavy atom. The quantitative estimate of drug-likeness (QED) is 0.777. The van der Waals surface area contributed by atoms with E-state index >= 15 is 0 Å². The van der Waals surface area contributed by atoms with E-state index in [1.165, 1.54) is 26.2 Å². The predicted octanol–water partition coefficient (Wildman–Crippen LogP) is 1.76. The number of methoxy groups -OCH3 is 1. The van der Waals surface area contributed by atoms with E-state index in [2.05, 4.69) is 9.46 Å². The SMILES string of the molecule is COC(=O)c1cc(CNS(=O)(=O)c2ccc3c(c2)CCN3C(C)=O)oc1C. The van der Waals surface area contributed by atoms with Crippen molar-refractivity contribution in [2.45, 2.75) is 31.7 Å². The van der Waals surface area contributed by atoms with Gasteiger partial charge in [0.05, 0.1) is 18.6 Å². The van der Waals surface area contributed by atoms with Crippen LogP contribution in [0.15, 0.2) is 33.6 Å². The Morgan fingerprint density at radius 1 is 1.30 bits per heavy atom. The zero-order valence-corrected chi connectivity index (χ0v) is 16.1. The van der Waals surface area contributed by atoms with Crippen molar-refractivity contribution in [3.05, 3.63) is 46.9 Å². The summed E-state index contributed by atoms with van der Waals surface area (Å²) >= 11 is 0. The van der Waals surface area contributed by atoms with Crippen LogP contribution in [0.25, 0.3) is 0 Å². The summed E-state index contributed by atoms with van der Waals surface area (Å²) in [6.07, 6.45) is 0.609. The Morgan fingerprint density at radius 3 is 2.70 bits per heavy atom. The number of hydrogen-bond acceptors (Lipinski definition) is 6. The Hall–Kier alpha value is -2.65. The summed E-state index contributed by atoms with van der Waals surface area (Å²) in [4.78, 5) is 24.9. The lowest BCUT2D eigenvalue weighted by atomic mass is 10.2. The van der Waals surface area contributed by atoms with Crippen LogP contribution in [0.4, 0.5) is 5.69 Å². The second-order valence-corrected chi connectivity index (χ2v) is 7.98. The van der Waals surface area contributed by atoms with Gasteiger partial charge in [-0.3, -0.25) is 4.79 Å². The van der Waals surface area contributed by atoms with Crippen LogP contribution in [0.3, 0.4) is 0 Å². The number of sulfonamides is 1. The first-order chi connectivity index (χ1) is 12.7. The highest BCUT2D eigenvalue weighted by atomic mass is 32.2. The monoisotopic (exact) mass is 392 g/mol. The molecule has 0 atom stereocenters. The molecule has 1 N–H and O–H groups in total. The molecule has 0 spiro atoms. The summed E-state index contributed by atoms with van der Waals surface area (Å²) in [6, 6.07) is 6.14. The zero-order valence-electron chi connectivity index (χ0n) is 15.2. The molecule has 0 bridgehead atoms. The van der Waals surface area contributed by atoms with Crippen LogP contribution < -0.4 is 9.62 Å². The lowest BCUT2D eigenvalue weighted by Crippen LogP contribution is -2.26. The molecule has 0 unspecified atom stereocenters. The van der Waals surface area contributed by atoms with Gasteiger partial charge in [-0.05, 0) is 43.2 Å². The van der Waals surface area contributed by atoms with E-state index in [-0.39, 0.29) is 22.9 Å². The first-order valence-electron chi connectivity index (χ1n) is 8.31. The van der Waals surface area contributed by atoms with Crippen LogP contribution in [0, 0.1) is 6.92 Å². The number of benzene rings is 1. The maximum absolute atomic E-state index is 12.6. The summed E-state index contributed by atoms with van der Waals surface area (Å²) < 4.78 is 37.7. The molecule has 1 aromatic heterocycles. The third-order valence-corrected chi connectivity index (χ3v) is 5.85. The fraction of sp³-hybridized carbons (Fsp3) is 0.333. The number of fused-ring (bicyclic) bond motifs is 1. The number of aryl methyl sites for hydroxylation is 1. The number of nitrogens with one attached hydrogen (secondary N) is 1. The van der Waals surface area contributed by atoms with Crippen molar-refractivity contribution in [3.8, 4) is 0 Å². The minimum Gasteiger partial charge on any atom is -0.465 e. The summed E-state index contributed by atoms with van der Waals surface area (Å²) in [5, 5.41) is 0. The molecule has 0 saturated carbocycles. The van der Waals surface area contributed by atoms with Gasteiger partial charge in [0, 0.05) is 19.2 Å². The van der Waals surface area contributed by atoms with Crippen LogP contribution in [-0.2, 0) is 32.5 Å². The number of ether oxygens (including phenoxy) is 1. The second-order valence-electron chi connectivity index (χ2n) is 6.21. The summed E-state index contributed by atoms with van der Waals surface area (Å²) in [5.41, 5.74) is 1.81. The molecule has 9 heteroatoms. The van der Waals surface area contributed by atoms with Gasteiger partial charge in [-0.2, -0.15) is 0 Å². The number of rotatable bonds is 5. The number of carbonyl (C=O) groups is 2. The molecular weight excluding hydrogens is 372 g/mol. The fourth-order valence-corrected chi connectivity index (χ4v) is 4.11. The zero-order chi connectivity index (χ0) is 19.8. The van der Waals surface area contributed by atoms with E-state index in [1.807, 2.05) is 0 Å². The van der Waals surface area contributed by atoms with Crippen LogP contribution in [0.2, 0.25) is 0 Å². The first kappa shape index (κ1) is 19.1. The van der Waals surface area contributed by atoms with Crippen LogP contribution in [-0.4, -0.2) is 33.9 Å². The van der Waals surface area contributed by atoms with Crippen LogP contribution >= 0.6 is 0 Å². The van der Waals surface area contributed by atoms with E-state index in [4.69, 9.17) is 4.42 Å². The number of esters is 1. The van der Waals surface area contributed by atoms with Crippen LogP contribution in [0.5, 0.6) is 0 Å². The second kappa shape index (κ2) is 7.16. The highest BCUT2D eigenvalue weighted by Gasteiger charge is 2.25. The Labute approximate surface area is 157 Å². The molecule has 0 fully saturated rings. The van der Waals surface area contributed by atoms with Gasteiger partial charge < -0.3 is 14.1 Å². The molecule has 0 aliphatic carbocycles. The molecule has 0 saturated heterocycles. The molecule has 0 radical (unpaired) electrons. The highest BCUT2D eigenvalue weighted by Crippen LogP contribution is 2.30. The molecule has 2 aromatic rings. The maximum Gasteiger partial charge on any atom is 0.341 e. The van der Waals surface area contributed by atoms with Crippen molar-refractivity contribution < 1.29 is 27.2 Å². The molecule has 144 valence electrons. The number of furan rings is 1. The third-order valence-electron chi connectivity index (χ3n) is 4.45. The predicted molar refractivity (Wildman–Crippen MR) is 97.0 cm³/mol. The molecular formula is C18H20N2O6S. The molecule has 8 nitrogen and oxygen atoms in total. The van der Waals surface area contributed by atoms with E-state index in [9.17, 15) is 18.0 Å². The minimum absolute atomic E-state index is 0.0721. The average molecular weight is 392 g/mol. The van der Waals surface area contributed by atoms with Crippen molar-refractivity contribution in [3.63, 3.8) is 0 Å².